The van der Waals surface area contributed by atoms with Crippen LogP contribution >= 0.6 is 0 Å². The summed E-state index contributed by atoms with van der Waals surface area (Å²) in [6.45, 7) is 11.8. The smallest absolute Gasteiger partial charge is 0.00953 e. The van der Waals surface area contributed by atoms with Gasteiger partial charge in [-0.05, 0) is 50.4 Å². The first-order valence-electron chi connectivity index (χ1n) is 6.75. The van der Waals surface area contributed by atoms with Crippen LogP contribution in [0, 0.1) is 17.8 Å². The van der Waals surface area contributed by atoms with Gasteiger partial charge in [-0.2, -0.15) is 0 Å². The van der Waals surface area contributed by atoms with E-state index in [1.807, 2.05) is 0 Å². The SMILES string of the molecule is CC(C)CC(C)NC1CCC(C)CC1C. The lowest BCUT2D eigenvalue weighted by Crippen LogP contribution is -2.43. The molecule has 1 saturated carbocycles. The molecule has 0 aromatic carbocycles. The second-order valence-electron chi connectivity index (χ2n) is 6.20. The van der Waals surface area contributed by atoms with Crippen LogP contribution in [0.2, 0.25) is 0 Å². The zero-order valence-corrected chi connectivity index (χ0v) is 11.2. The van der Waals surface area contributed by atoms with Gasteiger partial charge in [0, 0.05) is 12.1 Å². The van der Waals surface area contributed by atoms with Crippen molar-refractivity contribution in [2.45, 2.75) is 72.4 Å². The van der Waals surface area contributed by atoms with E-state index in [1.54, 1.807) is 0 Å². The van der Waals surface area contributed by atoms with Gasteiger partial charge in [0.2, 0.25) is 0 Å². The topological polar surface area (TPSA) is 12.0 Å². The zero-order valence-electron chi connectivity index (χ0n) is 11.2. The maximum absolute atomic E-state index is 3.82. The van der Waals surface area contributed by atoms with E-state index in [0.717, 1.165) is 23.8 Å². The van der Waals surface area contributed by atoms with E-state index in [-0.39, 0.29) is 0 Å². The van der Waals surface area contributed by atoms with Crippen LogP contribution in [0.3, 0.4) is 0 Å². The van der Waals surface area contributed by atoms with Gasteiger partial charge in [0.15, 0.2) is 0 Å². The molecule has 0 radical (unpaired) electrons. The molecule has 4 atom stereocenters. The lowest BCUT2D eigenvalue weighted by atomic mass is 9.79. The molecule has 1 rings (SSSR count). The Hall–Kier alpha value is -0.0400. The van der Waals surface area contributed by atoms with E-state index < -0.39 is 0 Å². The summed E-state index contributed by atoms with van der Waals surface area (Å²) in [5.74, 6) is 2.62. The van der Waals surface area contributed by atoms with Crippen LogP contribution < -0.4 is 5.32 Å². The van der Waals surface area contributed by atoms with E-state index in [9.17, 15) is 0 Å². The molecule has 0 amide bonds. The monoisotopic (exact) mass is 211 g/mol. The van der Waals surface area contributed by atoms with Crippen LogP contribution in [0.4, 0.5) is 0 Å². The molecule has 0 saturated heterocycles. The number of hydrogen-bond acceptors (Lipinski definition) is 1. The van der Waals surface area contributed by atoms with Crippen LogP contribution in [-0.4, -0.2) is 12.1 Å². The van der Waals surface area contributed by atoms with Gasteiger partial charge in [0.1, 0.15) is 0 Å². The average Bonchev–Trinajstić information content (AvgIpc) is 2.08. The fourth-order valence-corrected chi connectivity index (χ4v) is 3.05. The molecule has 0 aromatic heterocycles. The molecule has 1 heteroatoms. The van der Waals surface area contributed by atoms with E-state index in [0.29, 0.717) is 6.04 Å². The number of hydrogen-bond donors (Lipinski definition) is 1. The van der Waals surface area contributed by atoms with Crippen molar-refractivity contribution in [2.24, 2.45) is 17.8 Å². The Bertz CT molecular complexity index is 176. The minimum atomic E-state index is 0.686. The predicted molar refractivity (Wildman–Crippen MR) is 68.0 cm³/mol. The second kappa shape index (κ2) is 5.89. The van der Waals surface area contributed by atoms with Crippen molar-refractivity contribution in [1.29, 1.82) is 0 Å². The molecule has 1 N–H and O–H groups in total. The van der Waals surface area contributed by atoms with Crippen molar-refractivity contribution in [3.05, 3.63) is 0 Å². The van der Waals surface area contributed by atoms with Crippen LogP contribution in [0.25, 0.3) is 0 Å². The maximum atomic E-state index is 3.82. The Morgan fingerprint density at radius 3 is 2.33 bits per heavy atom. The van der Waals surface area contributed by atoms with Gasteiger partial charge in [-0.3, -0.25) is 0 Å². The van der Waals surface area contributed by atoms with Crippen molar-refractivity contribution in [1.82, 2.24) is 5.32 Å². The molecule has 15 heavy (non-hydrogen) atoms. The standard InChI is InChI=1S/C14H29N/c1-10(2)8-13(5)15-14-7-6-11(3)9-12(14)4/h10-15H,6-9H2,1-5H3. The molecule has 1 fully saturated rings. The maximum Gasteiger partial charge on any atom is 0.00953 e. The summed E-state index contributed by atoms with van der Waals surface area (Å²) in [6, 6.07) is 1.46. The highest BCUT2D eigenvalue weighted by Crippen LogP contribution is 2.29. The molecule has 0 spiro atoms. The van der Waals surface area contributed by atoms with E-state index in [4.69, 9.17) is 0 Å². The van der Waals surface area contributed by atoms with Gasteiger partial charge in [-0.1, -0.05) is 27.7 Å². The van der Waals surface area contributed by atoms with Crippen molar-refractivity contribution < 1.29 is 0 Å². The highest BCUT2D eigenvalue weighted by atomic mass is 15.0. The third-order valence-electron chi connectivity index (χ3n) is 3.76. The van der Waals surface area contributed by atoms with E-state index >= 15 is 0 Å². The van der Waals surface area contributed by atoms with Gasteiger partial charge in [0.25, 0.3) is 0 Å². The lowest BCUT2D eigenvalue weighted by Gasteiger charge is -2.35. The first-order chi connectivity index (χ1) is 6.99. The van der Waals surface area contributed by atoms with E-state index in [2.05, 4.69) is 39.9 Å². The Morgan fingerprint density at radius 2 is 1.80 bits per heavy atom. The lowest BCUT2D eigenvalue weighted by molar-refractivity contribution is 0.210. The Kier molecular flexibility index (Phi) is 5.11. The molecule has 1 aliphatic carbocycles. The Labute approximate surface area is 96.0 Å². The van der Waals surface area contributed by atoms with Crippen molar-refractivity contribution in [3.63, 3.8) is 0 Å². The highest BCUT2D eigenvalue weighted by Gasteiger charge is 2.25. The summed E-state index contributed by atoms with van der Waals surface area (Å²) in [7, 11) is 0. The zero-order chi connectivity index (χ0) is 11.4. The van der Waals surface area contributed by atoms with Gasteiger partial charge in [-0.15, -0.1) is 0 Å². The normalized spacial score (nSPS) is 34.4. The van der Waals surface area contributed by atoms with Crippen molar-refractivity contribution in [3.8, 4) is 0 Å². The third-order valence-corrected chi connectivity index (χ3v) is 3.76. The Morgan fingerprint density at radius 1 is 1.13 bits per heavy atom. The first kappa shape index (κ1) is 13.0. The van der Waals surface area contributed by atoms with Crippen molar-refractivity contribution in [2.75, 3.05) is 0 Å². The van der Waals surface area contributed by atoms with Gasteiger partial charge < -0.3 is 5.32 Å². The molecule has 0 aromatic rings. The molecule has 0 heterocycles. The summed E-state index contributed by atoms with van der Waals surface area (Å²) < 4.78 is 0. The largest absolute Gasteiger partial charge is 0.311 e. The molecular weight excluding hydrogens is 182 g/mol. The number of nitrogens with one attached hydrogen (secondary N) is 1. The molecule has 0 aliphatic heterocycles. The summed E-state index contributed by atoms with van der Waals surface area (Å²) in [4.78, 5) is 0. The third kappa shape index (κ3) is 4.55. The van der Waals surface area contributed by atoms with Gasteiger partial charge in [-0.25, -0.2) is 0 Å². The molecule has 1 nitrogen and oxygen atoms in total. The van der Waals surface area contributed by atoms with Gasteiger partial charge in [0.05, 0.1) is 0 Å². The Balaban J connectivity index is 2.31. The summed E-state index contributed by atoms with van der Waals surface area (Å²) in [6.07, 6.45) is 5.51. The summed E-state index contributed by atoms with van der Waals surface area (Å²) in [5, 5.41) is 3.82. The molecule has 4 unspecified atom stereocenters. The predicted octanol–water partition coefficient (Wildman–Crippen LogP) is 3.84. The fourth-order valence-electron chi connectivity index (χ4n) is 3.05. The fraction of sp³-hybridized carbons (Fsp3) is 1.00. The highest BCUT2D eigenvalue weighted by molar-refractivity contribution is 4.83. The summed E-state index contributed by atoms with van der Waals surface area (Å²) in [5.41, 5.74) is 0. The average molecular weight is 211 g/mol. The molecule has 0 bridgehead atoms. The number of rotatable bonds is 4. The van der Waals surface area contributed by atoms with E-state index in [1.165, 1.54) is 25.7 Å². The van der Waals surface area contributed by atoms with Crippen LogP contribution in [0.1, 0.15) is 60.3 Å². The molecule has 1 aliphatic rings. The van der Waals surface area contributed by atoms with Crippen LogP contribution in [0.15, 0.2) is 0 Å². The summed E-state index contributed by atoms with van der Waals surface area (Å²) >= 11 is 0. The van der Waals surface area contributed by atoms with Crippen LogP contribution in [-0.2, 0) is 0 Å². The first-order valence-corrected chi connectivity index (χ1v) is 6.75. The quantitative estimate of drug-likeness (QED) is 0.745. The minimum absolute atomic E-state index is 0.686. The molecular formula is C14H29N. The van der Waals surface area contributed by atoms with Crippen LogP contribution in [0.5, 0.6) is 0 Å². The second-order valence-corrected chi connectivity index (χ2v) is 6.20. The molecule has 90 valence electrons. The van der Waals surface area contributed by atoms with Crippen molar-refractivity contribution >= 4 is 0 Å². The minimum Gasteiger partial charge on any atom is -0.311 e. The van der Waals surface area contributed by atoms with Gasteiger partial charge >= 0.3 is 0 Å².